The Bertz CT molecular complexity index is 602. The Morgan fingerprint density at radius 2 is 1.95 bits per heavy atom. The van der Waals surface area contributed by atoms with Crippen LogP contribution in [0.3, 0.4) is 0 Å². The number of rotatable bonds is 3. The summed E-state index contributed by atoms with van der Waals surface area (Å²) >= 11 is 3.52. The van der Waals surface area contributed by atoms with Gasteiger partial charge in [0.15, 0.2) is 0 Å². The van der Waals surface area contributed by atoms with E-state index in [2.05, 4.69) is 74.0 Å². The van der Waals surface area contributed by atoms with Crippen LogP contribution in [-0.4, -0.2) is 35.6 Å². The van der Waals surface area contributed by atoms with Crippen LogP contribution >= 0.6 is 15.9 Å². The lowest BCUT2D eigenvalue weighted by molar-refractivity contribution is 0.212. The first-order valence-corrected chi connectivity index (χ1v) is 8.65. The standard InChI is InChI=1S/C18H22BrN3/c1-15-7-8-21(18-11-17(19)12-20-13-18)9-10-22(15)14-16-5-3-2-4-6-16/h2-6,11-13,15H,7-10,14H2,1H3. The Kier molecular flexibility index (Phi) is 5.11. The Labute approximate surface area is 141 Å². The fraction of sp³-hybridized carbons (Fsp3) is 0.389. The molecule has 1 aromatic heterocycles. The average molecular weight is 360 g/mol. The summed E-state index contributed by atoms with van der Waals surface area (Å²) in [6, 6.07) is 13.5. The normalized spacial score (nSPS) is 19.9. The number of nitrogens with zero attached hydrogens (tertiary/aromatic N) is 3. The van der Waals surface area contributed by atoms with Gasteiger partial charge in [-0.1, -0.05) is 30.3 Å². The zero-order valence-electron chi connectivity index (χ0n) is 13.0. The third-order valence-corrected chi connectivity index (χ3v) is 4.82. The van der Waals surface area contributed by atoms with Gasteiger partial charge in [0, 0.05) is 42.9 Å². The minimum Gasteiger partial charge on any atom is -0.369 e. The van der Waals surface area contributed by atoms with E-state index in [0.717, 1.165) is 30.7 Å². The summed E-state index contributed by atoms with van der Waals surface area (Å²) < 4.78 is 1.04. The smallest absolute Gasteiger partial charge is 0.0564 e. The van der Waals surface area contributed by atoms with Gasteiger partial charge in [-0.2, -0.15) is 0 Å². The van der Waals surface area contributed by atoms with Crippen LogP contribution < -0.4 is 4.90 Å². The molecule has 2 aromatic rings. The molecule has 1 unspecified atom stereocenters. The van der Waals surface area contributed by atoms with E-state index >= 15 is 0 Å². The largest absolute Gasteiger partial charge is 0.369 e. The second-order valence-corrected chi connectivity index (χ2v) is 6.86. The van der Waals surface area contributed by atoms with Crippen molar-refractivity contribution in [3.8, 4) is 0 Å². The first-order chi connectivity index (χ1) is 10.7. The van der Waals surface area contributed by atoms with E-state index in [1.807, 2.05) is 12.4 Å². The third kappa shape index (κ3) is 3.87. The van der Waals surface area contributed by atoms with E-state index in [4.69, 9.17) is 0 Å². The van der Waals surface area contributed by atoms with Crippen molar-refractivity contribution in [3.63, 3.8) is 0 Å². The molecule has 1 atom stereocenters. The third-order valence-electron chi connectivity index (χ3n) is 4.38. The summed E-state index contributed by atoms with van der Waals surface area (Å²) in [4.78, 5) is 9.32. The van der Waals surface area contributed by atoms with Gasteiger partial charge in [-0.05, 0) is 40.9 Å². The van der Waals surface area contributed by atoms with Gasteiger partial charge in [0.1, 0.15) is 0 Å². The molecule has 1 fully saturated rings. The first-order valence-electron chi connectivity index (χ1n) is 7.86. The maximum absolute atomic E-state index is 4.29. The van der Waals surface area contributed by atoms with E-state index in [1.54, 1.807) is 0 Å². The maximum atomic E-state index is 4.29. The molecule has 0 bridgehead atoms. The van der Waals surface area contributed by atoms with Gasteiger partial charge in [-0.3, -0.25) is 9.88 Å². The Balaban J connectivity index is 1.67. The van der Waals surface area contributed by atoms with Crippen molar-refractivity contribution < 1.29 is 0 Å². The number of pyridine rings is 1. The lowest BCUT2D eigenvalue weighted by Crippen LogP contribution is -2.34. The monoisotopic (exact) mass is 359 g/mol. The summed E-state index contributed by atoms with van der Waals surface area (Å²) in [5, 5.41) is 0. The second-order valence-electron chi connectivity index (χ2n) is 5.94. The van der Waals surface area contributed by atoms with Crippen LogP contribution in [0.15, 0.2) is 53.3 Å². The predicted molar refractivity (Wildman–Crippen MR) is 95.1 cm³/mol. The molecule has 3 rings (SSSR count). The lowest BCUT2D eigenvalue weighted by atomic mass is 10.1. The SMILES string of the molecule is CC1CCN(c2cncc(Br)c2)CCN1Cc1ccccc1. The first kappa shape index (κ1) is 15.5. The van der Waals surface area contributed by atoms with Gasteiger partial charge in [0.2, 0.25) is 0 Å². The number of hydrogen-bond acceptors (Lipinski definition) is 3. The maximum Gasteiger partial charge on any atom is 0.0564 e. The molecule has 116 valence electrons. The predicted octanol–water partition coefficient (Wildman–Crippen LogP) is 3.94. The molecule has 1 aromatic carbocycles. The molecule has 4 heteroatoms. The minimum absolute atomic E-state index is 0.602. The topological polar surface area (TPSA) is 19.4 Å². The van der Waals surface area contributed by atoms with E-state index in [1.165, 1.54) is 17.7 Å². The van der Waals surface area contributed by atoms with Crippen molar-refractivity contribution in [2.24, 2.45) is 0 Å². The van der Waals surface area contributed by atoms with E-state index < -0.39 is 0 Å². The Morgan fingerprint density at radius 3 is 2.73 bits per heavy atom. The number of anilines is 1. The summed E-state index contributed by atoms with van der Waals surface area (Å²) in [7, 11) is 0. The van der Waals surface area contributed by atoms with Gasteiger partial charge < -0.3 is 4.90 Å². The quantitative estimate of drug-likeness (QED) is 0.827. The average Bonchev–Trinajstić information content (AvgIpc) is 2.71. The van der Waals surface area contributed by atoms with E-state index in [9.17, 15) is 0 Å². The highest BCUT2D eigenvalue weighted by atomic mass is 79.9. The lowest BCUT2D eigenvalue weighted by Gasteiger charge is -2.26. The molecule has 22 heavy (non-hydrogen) atoms. The van der Waals surface area contributed by atoms with Crippen molar-refractivity contribution in [2.45, 2.75) is 25.9 Å². The molecule has 1 saturated heterocycles. The molecule has 2 heterocycles. The van der Waals surface area contributed by atoms with Crippen LogP contribution in [0.2, 0.25) is 0 Å². The van der Waals surface area contributed by atoms with Crippen molar-refractivity contribution in [1.29, 1.82) is 0 Å². The minimum atomic E-state index is 0.602. The number of aromatic nitrogens is 1. The highest BCUT2D eigenvalue weighted by Gasteiger charge is 2.21. The number of hydrogen-bond donors (Lipinski definition) is 0. The van der Waals surface area contributed by atoms with Gasteiger partial charge >= 0.3 is 0 Å². The van der Waals surface area contributed by atoms with Crippen molar-refractivity contribution in [2.75, 3.05) is 24.5 Å². The highest BCUT2D eigenvalue weighted by Crippen LogP contribution is 2.22. The molecular formula is C18H22BrN3. The van der Waals surface area contributed by atoms with Crippen LogP contribution in [0.25, 0.3) is 0 Å². The fourth-order valence-corrected chi connectivity index (χ4v) is 3.34. The summed E-state index contributed by atoms with van der Waals surface area (Å²) in [6.07, 6.45) is 4.98. The van der Waals surface area contributed by atoms with Gasteiger partial charge in [0.05, 0.1) is 11.9 Å². The van der Waals surface area contributed by atoms with Gasteiger partial charge in [-0.25, -0.2) is 0 Å². The van der Waals surface area contributed by atoms with Crippen molar-refractivity contribution in [1.82, 2.24) is 9.88 Å². The summed E-state index contributed by atoms with van der Waals surface area (Å²) in [5.74, 6) is 0. The molecule has 1 aliphatic heterocycles. The molecular weight excluding hydrogens is 338 g/mol. The summed E-state index contributed by atoms with van der Waals surface area (Å²) in [5.41, 5.74) is 2.61. The van der Waals surface area contributed by atoms with Crippen LogP contribution in [0.1, 0.15) is 18.9 Å². The zero-order chi connectivity index (χ0) is 15.4. The van der Waals surface area contributed by atoms with E-state index in [0.29, 0.717) is 6.04 Å². The molecule has 0 N–H and O–H groups in total. The zero-order valence-corrected chi connectivity index (χ0v) is 14.5. The molecule has 0 saturated carbocycles. The van der Waals surface area contributed by atoms with E-state index in [-0.39, 0.29) is 0 Å². The molecule has 0 radical (unpaired) electrons. The van der Waals surface area contributed by atoms with Gasteiger partial charge in [0.25, 0.3) is 0 Å². The molecule has 0 amide bonds. The van der Waals surface area contributed by atoms with Crippen molar-refractivity contribution >= 4 is 21.6 Å². The summed E-state index contributed by atoms with van der Waals surface area (Å²) in [6.45, 7) is 6.60. The number of halogens is 1. The van der Waals surface area contributed by atoms with Crippen molar-refractivity contribution in [3.05, 3.63) is 58.8 Å². The Morgan fingerprint density at radius 1 is 1.14 bits per heavy atom. The molecule has 3 nitrogen and oxygen atoms in total. The van der Waals surface area contributed by atoms with Crippen LogP contribution in [0.4, 0.5) is 5.69 Å². The van der Waals surface area contributed by atoms with Crippen LogP contribution in [-0.2, 0) is 6.54 Å². The fourth-order valence-electron chi connectivity index (χ4n) is 2.99. The second kappa shape index (κ2) is 7.25. The molecule has 0 aliphatic carbocycles. The van der Waals surface area contributed by atoms with Crippen LogP contribution in [0, 0.1) is 0 Å². The van der Waals surface area contributed by atoms with Gasteiger partial charge in [-0.15, -0.1) is 0 Å². The molecule has 0 spiro atoms. The number of benzene rings is 1. The highest BCUT2D eigenvalue weighted by molar-refractivity contribution is 9.10. The Hall–Kier alpha value is -1.39. The molecule has 1 aliphatic rings. The van der Waals surface area contributed by atoms with Crippen LogP contribution in [0.5, 0.6) is 0 Å².